The van der Waals surface area contributed by atoms with E-state index in [2.05, 4.69) is 0 Å². The van der Waals surface area contributed by atoms with Crippen molar-refractivity contribution in [2.24, 2.45) is 0 Å². The summed E-state index contributed by atoms with van der Waals surface area (Å²) in [6.07, 6.45) is 1.64. The average Bonchev–Trinajstić information content (AvgIpc) is 3.14. The number of rotatable bonds is 6. The second kappa shape index (κ2) is 7.77. The van der Waals surface area contributed by atoms with Gasteiger partial charge in [0.15, 0.2) is 0 Å². The molecule has 0 aliphatic rings. The van der Waals surface area contributed by atoms with Gasteiger partial charge in [0, 0.05) is 4.88 Å². The normalized spacial score (nSPS) is 11.3. The Hall–Kier alpha value is -2.92. The van der Waals surface area contributed by atoms with E-state index >= 15 is 0 Å². The zero-order chi connectivity index (χ0) is 17.6. The van der Waals surface area contributed by atoms with E-state index in [1.54, 1.807) is 48.5 Å². The Morgan fingerprint density at radius 2 is 1.80 bits per heavy atom. The van der Waals surface area contributed by atoms with E-state index in [1.807, 2.05) is 11.4 Å². The van der Waals surface area contributed by atoms with Crippen molar-refractivity contribution >= 4 is 29.0 Å². The zero-order valence-corrected chi connectivity index (χ0v) is 14.0. The van der Waals surface area contributed by atoms with Crippen LogP contribution in [-0.4, -0.2) is 11.1 Å². The van der Waals surface area contributed by atoms with Gasteiger partial charge in [-0.3, -0.25) is 0 Å². The number of benzene rings is 2. The van der Waals surface area contributed by atoms with Crippen molar-refractivity contribution < 1.29 is 19.0 Å². The number of hydrogen-bond acceptors (Lipinski definition) is 3. The summed E-state index contributed by atoms with van der Waals surface area (Å²) in [7, 11) is 0. The predicted molar refractivity (Wildman–Crippen MR) is 97.0 cm³/mol. The van der Waals surface area contributed by atoms with Gasteiger partial charge in [-0.15, -0.1) is 11.3 Å². The molecule has 3 nitrogen and oxygen atoms in total. The Morgan fingerprint density at radius 1 is 1.08 bits per heavy atom. The number of hydrogen-bond donors (Lipinski definition) is 1. The third-order valence-corrected chi connectivity index (χ3v) is 4.43. The van der Waals surface area contributed by atoms with Crippen LogP contribution < -0.4 is 4.74 Å². The lowest BCUT2D eigenvalue weighted by Crippen LogP contribution is -1.98. The van der Waals surface area contributed by atoms with E-state index < -0.39 is 5.97 Å². The van der Waals surface area contributed by atoms with Crippen molar-refractivity contribution in [3.05, 3.63) is 87.9 Å². The molecule has 1 N–H and O–H groups in total. The van der Waals surface area contributed by atoms with Crippen LogP contribution in [0.1, 0.15) is 16.0 Å². The van der Waals surface area contributed by atoms with Gasteiger partial charge in [0.05, 0.1) is 5.57 Å². The highest BCUT2D eigenvalue weighted by molar-refractivity contribution is 7.11. The topological polar surface area (TPSA) is 46.5 Å². The van der Waals surface area contributed by atoms with Crippen molar-refractivity contribution in [2.45, 2.75) is 6.61 Å². The number of halogens is 1. The summed E-state index contributed by atoms with van der Waals surface area (Å²) >= 11 is 1.39. The molecule has 2 aromatic carbocycles. The Labute approximate surface area is 148 Å². The molecule has 0 saturated heterocycles. The molecule has 0 saturated carbocycles. The molecule has 0 atom stereocenters. The van der Waals surface area contributed by atoms with Crippen molar-refractivity contribution in [3.8, 4) is 5.75 Å². The van der Waals surface area contributed by atoms with Crippen LogP contribution in [0.15, 0.2) is 66.0 Å². The highest BCUT2D eigenvalue weighted by Crippen LogP contribution is 2.24. The van der Waals surface area contributed by atoms with Crippen molar-refractivity contribution in [1.82, 2.24) is 0 Å². The first-order valence-corrected chi connectivity index (χ1v) is 8.46. The van der Waals surface area contributed by atoms with Crippen molar-refractivity contribution in [1.29, 1.82) is 0 Å². The van der Waals surface area contributed by atoms with Crippen LogP contribution in [0, 0.1) is 5.82 Å². The summed E-state index contributed by atoms with van der Waals surface area (Å²) in [5.74, 6) is -0.576. The molecule has 25 heavy (non-hydrogen) atoms. The second-order valence-electron chi connectivity index (χ2n) is 5.32. The molecule has 1 aromatic heterocycles. The van der Waals surface area contributed by atoms with Crippen LogP contribution in [0.5, 0.6) is 5.75 Å². The molecule has 1 heterocycles. The van der Waals surface area contributed by atoms with Gasteiger partial charge >= 0.3 is 5.97 Å². The van der Waals surface area contributed by atoms with Gasteiger partial charge in [0.1, 0.15) is 18.2 Å². The fraction of sp³-hybridized carbons (Fsp3) is 0.0500. The largest absolute Gasteiger partial charge is 0.489 e. The fourth-order valence-electron chi connectivity index (χ4n) is 2.24. The lowest BCUT2D eigenvalue weighted by molar-refractivity contribution is -0.130. The summed E-state index contributed by atoms with van der Waals surface area (Å²) in [5.41, 5.74) is 1.91. The third-order valence-electron chi connectivity index (χ3n) is 3.53. The number of carboxylic acids is 1. The van der Waals surface area contributed by atoms with E-state index in [-0.39, 0.29) is 11.4 Å². The monoisotopic (exact) mass is 354 g/mol. The van der Waals surface area contributed by atoms with E-state index in [1.165, 1.54) is 23.5 Å². The maximum absolute atomic E-state index is 12.9. The molecular weight excluding hydrogens is 339 g/mol. The van der Waals surface area contributed by atoms with Crippen molar-refractivity contribution in [2.75, 3.05) is 0 Å². The van der Waals surface area contributed by atoms with Gasteiger partial charge in [-0.1, -0.05) is 30.3 Å². The molecule has 0 fully saturated rings. The van der Waals surface area contributed by atoms with Gasteiger partial charge in [-0.25, -0.2) is 9.18 Å². The smallest absolute Gasteiger partial charge is 0.337 e. The molecule has 0 amide bonds. The van der Waals surface area contributed by atoms with Gasteiger partial charge in [0.25, 0.3) is 0 Å². The lowest BCUT2D eigenvalue weighted by atomic mass is 10.1. The molecule has 3 rings (SSSR count). The Kier molecular flexibility index (Phi) is 5.26. The Morgan fingerprint density at radius 3 is 2.40 bits per heavy atom. The molecule has 3 aromatic rings. The van der Waals surface area contributed by atoms with Crippen molar-refractivity contribution in [3.63, 3.8) is 0 Å². The summed E-state index contributed by atoms with van der Waals surface area (Å²) < 4.78 is 18.5. The number of aliphatic carboxylic acids is 1. The number of ether oxygens (including phenoxy) is 1. The van der Waals surface area contributed by atoms with Crippen LogP contribution in [-0.2, 0) is 11.4 Å². The molecule has 126 valence electrons. The van der Waals surface area contributed by atoms with Crippen LogP contribution in [0.3, 0.4) is 0 Å². The van der Waals surface area contributed by atoms with E-state index in [0.29, 0.717) is 17.2 Å². The van der Waals surface area contributed by atoms with Gasteiger partial charge in [0.2, 0.25) is 0 Å². The Balaban J connectivity index is 1.70. The van der Waals surface area contributed by atoms with Crippen LogP contribution in [0.25, 0.3) is 11.6 Å². The molecule has 0 aliphatic carbocycles. The number of thiophene rings is 1. The summed E-state index contributed by atoms with van der Waals surface area (Å²) in [4.78, 5) is 12.2. The minimum Gasteiger partial charge on any atom is -0.489 e. The number of carboxylic acid groups (broad SMARTS) is 1. The Bertz CT molecular complexity index is 866. The molecular formula is C20H15FO3S. The molecule has 0 radical (unpaired) electrons. The molecule has 0 bridgehead atoms. The second-order valence-corrected chi connectivity index (χ2v) is 6.27. The van der Waals surface area contributed by atoms with E-state index in [4.69, 9.17) is 4.74 Å². The predicted octanol–water partition coefficient (Wildman–Crippen LogP) is 5.09. The summed E-state index contributed by atoms with van der Waals surface area (Å²) in [6.45, 7) is 0.338. The first-order chi connectivity index (χ1) is 12.1. The minimum atomic E-state index is -0.959. The van der Waals surface area contributed by atoms with E-state index in [9.17, 15) is 14.3 Å². The first-order valence-electron chi connectivity index (χ1n) is 7.58. The maximum atomic E-state index is 12.9. The summed E-state index contributed by atoms with van der Waals surface area (Å²) in [6, 6.07) is 16.9. The highest BCUT2D eigenvalue weighted by atomic mass is 32.1. The van der Waals surface area contributed by atoms with Crippen LogP contribution >= 0.6 is 11.3 Å². The van der Waals surface area contributed by atoms with Crippen LogP contribution in [0.2, 0.25) is 0 Å². The summed E-state index contributed by atoms with van der Waals surface area (Å²) in [5, 5.41) is 11.2. The maximum Gasteiger partial charge on any atom is 0.337 e. The first kappa shape index (κ1) is 16.9. The van der Waals surface area contributed by atoms with E-state index in [0.717, 1.165) is 11.1 Å². The SMILES string of the molecule is O=C(O)/C(=C\c1ccc(OCc2ccc(F)cc2)cc1)c1cccs1. The highest BCUT2D eigenvalue weighted by Gasteiger charge is 2.11. The quantitative estimate of drug-likeness (QED) is 0.627. The minimum absolute atomic E-state index is 0.259. The van der Waals surface area contributed by atoms with Gasteiger partial charge < -0.3 is 9.84 Å². The molecule has 5 heteroatoms. The third kappa shape index (κ3) is 4.55. The fourth-order valence-corrected chi connectivity index (χ4v) is 2.98. The molecule has 0 spiro atoms. The standard InChI is InChI=1S/C20H15FO3S/c21-16-7-3-15(4-8-16)13-24-17-9-5-14(6-10-17)12-18(20(22)23)19-2-1-11-25-19/h1-12H,13H2,(H,22,23)/b18-12-. The zero-order valence-electron chi connectivity index (χ0n) is 13.2. The molecule has 0 aliphatic heterocycles. The molecule has 0 unspecified atom stereocenters. The lowest BCUT2D eigenvalue weighted by Gasteiger charge is -2.07. The van der Waals surface area contributed by atoms with Gasteiger partial charge in [-0.05, 0) is 52.9 Å². The van der Waals surface area contributed by atoms with Gasteiger partial charge in [-0.2, -0.15) is 0 Å². The number of carbonyl (C=O) groups is 1. The van der Waals surface area contributed by atoms with Crippen LogP contribution in [0.4, 0.5) is 4.39 Å². The average molecular weight is 354 g/mol.